The number of fused-ring (bicyclic) bond motifs is 5. The summed E-state index contributed by atoms with van der Waals surface area (Å²) in [6, 6.07) is 4.13. The van der Waals surface area contributed by atoms with Gasteiger partial charge in [0.25, 0.3) is 0 Å². The van der Waals surface area contributed by atoms with Gasteiger partial charge in [-0.1, -0.05) is 31.6 Å². The molecule has 0 spiro atoms. The molecule has 1 aromatic heterocycles. The third-order valence-corrected chi connectivity index (χ3v) is 9.40. The van der Waals surface area contributed by atoms with Crippen molar-refractivity contribution in [2.45, 2.75) is 77.2 Å². The fourth-order valence-electron chi connectivity index (χ4n) is 7.64. The second-order valence-corrected chi connectivity index (χ2v) is 10.6. The second-order valence-electron chi connectivity index (χ2n) is 10.2. The molecule has 2 nitrogen and oxygen atoms in total. The van der Waals surface area contributed by atoms with Crippen LogP contribution in [0.15, 0.2) is 34.5 Å². The standard InChI is InChI=1S/C24H32O2S/c1-23-11-9-17(25)13-16(23)4-5-18-20-7-6-19(15-3-8-22(27)26-14-15)24(20,2)12-10-21(18)23/h3,7-8,14,16-19,21,25H,4-6,9-13H2,1-2H3/t16-,17+,18+,19-,21+,23+,24-/m1/s1. The van der Waals surface area contributed by atoms with Crippen LogP contribution in [0.25, 0.3) is 0 Å². The minimum absolute atomic E-state index is 0.0559. The number of aliphatic hydroxyl groups excluding tert-OH is 1. The molecule has 0 aliphatic heterocycles. The zero-order valence-electron chi connectivity index (χ0n) is 16.6. The Morgan fingerprint density at radius 3 is 2.74 bits per heavy atom. The molecule has 146 valence electrons. The lowest BCUT2D eigenvalue weighted by atomic mass is 9.46. The molecule has 1 aromatic rings. The predicted molar refractivity (Wildman–Crippen MR) is 110 cm³/mol. The third-order valence-electron chi connectivity index (χ3n) is 9.17. The Bertz CT molecular complexity index is 805. The molecule has 0 aromatic carbocycles. The first kappa shape index (κ1) is 18.1. The number of hydrogen-bond acceptors (Lipinski definition) is 3. The zero-order chi connectivity index (χ0) is 18.8. The minimum atomic E-state index is -0.0559. The fraction of sp³-hybridized carbons (Fsp3) is 0.708. The molecule has 1 heterocycles. The normalized spacial score (nSPS) is 46.2. The summed E-state index contributed by atoms with van der Waals surface area (Å²) in [7, 11) is 0. The third kappa shape index (κ3) is 2.64. The highest BCUT2D eigenvalue weighted by molar-refractivity contribution is 7.71. The Morgan fingerprint density at radius 1 is 1.11 bits per heavy atom. The lowest BCUT2D eigenvalue weighted by Gasteiger charge is -2.59. The summed E-state index contributed by atoms with van der Waals surface area (Å²) in [6.45, 7) is 5.06. The summed E-state index contributed by atoms with van der Waals surface area (Å²) in [5.74, 6) is 2.82. The molecule has 5 rings (SSSR count). The SMILES string of the molecule is C[C@]12CC[C@H](O)C[C@H]1CC[C@H]1C3=CC[C@H](c4ccc(=S)oc4)[C@@]3(C)CC[C@@H]12. The minimum Gasteiger partial charge on any atom is -0.453 e. The lowest BCUT2D eigenvalue weighted by Crippen LogP contribution is -2.51. The number of aliphatic hydroxyl groups is 1. The van der Waals surface area contributed by atoms with Crippen molar-refractivity contribution >= 4 is 12.2 Å². The van der Waals surface area contributed by atoms with Crippen LogP contribution in [-0.2, 0) is 0 Å². The molecular formula is C24H32O2S. The van der Waals surface area contributed by atoms with Crippen molar-refractivity contribution in [3.05, 3.63) is 40.3 Å². The van der Waals surface area contributed by atoms with E-state index in [1.165, 1.54) is 37.7 Å². The van der Waals surface area contributed by atoms with E-state index >= 15 is 0 Å². The van der Waals surface area contributed by atoms with E-state index < -0.39 is 0 Å². The van der Waals surface area contributed by atoms with Gasteiger partial charge >= 0.3 is 0 Å². The molecule has 7 atom stereocenters. The summed E-state index contributed by atoms with van der Waals surface area (Å²) in [4.78, 5) is 0. The topological polar surface area (TPSA) is 33.4 Å². The van der Waals surface area contributed by atoms with Crippen LogP contribution in [0.4, 0.5) is 0 Å². The fourth-order valence-corrected chi connectivity index (χ4v) is 7.75. The van der Waals surface area contributed by atoms with Gasteiger partial charge in [-0.05, 0) is 110 Å². The van der Waals surface area contributed by atoms with Crippen LogP contribution in [0.3, 0.4) is 0 Å². The summed E-state index contributed by atoms with van der Waals surface area (Å²) in [5.41, 5.74) is 3.77. The van der Waals surface area contributed by atoms with Crippen LogP contribution in [0.5, 0.6) is 0 Å². The van der Waals surface area contributed by atoms with E-state index in [1.807, 2.05) is 12.3 Å². The van der Waals surface area contributed by atoms with Gasteiger partial charge in [-0.3, -0.25) is 0 Å². The number of rotatable bonds is 1. The van der Waals surface area contributed by atoms with Crippen LogP contribution in [-0.4, -0.2) is 11.2 Å². The highest BCUT2D eigenvalue weighted by Gasteiger charge is 2.57. The summed E-state index contributed by atoms with van der Waals surface area (Å²) >= 11 is 5.14. The Labute approximate surface area is 168 Å². The molecule has 0 unspecified atom stereocenters. The largest absolute Gasteiger partial charge is 0.453 e. The first-order valence-corrected chi connectivity index (χ1v) is 11.3. The number of allylic oxidation sites excluding steroid dienone is 2. The quantitative estimate of drug-likeness (QED) is 0.448. The first-order valence-electron chi connectivity index (χ1n) is 10.9. The van der Waals surface area contributed by atoms with Gasteiger partial charge in [0.05, 0.1) is 12.4 Å². The molecule has 4 aliphatic rings. The van der Waals surface area contributed by atoms with E-state index in [4.69, 9.17) is 16.6 Å². The molecule has 3 fully saturated rings. The van der Waals surface area contributed by atoms with Crippen molar-refractivity contribution in [3.63, 3.8) is 0 Å². The predicted octanol–water partition coefficient (Wildman–Crippen LogP) is 6.42. The zero-order valence-corrected chi connectivity index (χ0v) is 17.4. The first-order chi connectivity index (χ1) is 12.9. The maximum Gasteiger partial charge on any atom is 0.189 e. The molecule has 27 heavy (non-hydrogen) atoms. The summed E-state index contributed by atoms with van der Waals surface area (Å²) in [6.07, 6.45) is 14.1. The molecule has 4 aliphatic carbocycles. The molecule has 0 bridgehead atoms. The van der Waals surface area contributed by atoms with Crippen molar-refractivity contribution in [1.29, 1.82) is 0 Å². The van der Waals surface area contributed by atoms with Crippen molar-refractivity contribution in [2.75, 3.05) is 0 Å². The highest BCUT2D eigenvalue weighted by atomic mass is 32.1. The van der Waals surface area contributed by atoms with Crippen LogP contribution in [0.1, 0.15) is 76.7 Å². The van der Waals surface area contributed by atoms with E-state index in [1.54, 1.807) is 5.57 Å². The Morgan fingerprint density at radius 2 is 1.96 bits per heavy atom. The molecule has 0 amide bonds. The van der Waals surface area contributed by atoms with E-state index in [0.717, 1.165) is 37.0 Å². The lowest BCUT2D eigenvalue weighted by molar-refractivity contribution is -0.0823. The van der Waals surface area contributed by atoms with Gasteiger partial charge in [-0.25, -0.2) is 0 Å². The molecule has 0 radical (unpaired) electrons. The van der Waals surface area contributed by atoms with Gasteiger partial charge in [-0.15, -0.1) is 0 Å². The summed E-state index contributed by atoms with van der Waals surface area (Å²) in [5, 5.41) is 10.2. The van der Waals surface area contributed by atoms with E-state index in [-0.39, 0.29) is 11.5 Å². The van der Waals surface area contributed by atoms with Gasteiger partial charge in [-0.2, -0.15) is 0 Å². The average Bonchev–Trinajstić information content (AvgIpc) is 3.00. The maximum absolute atomic E-state index is 10.2. The Kier molecular flexibility index (Phi) is 4.22. The van der Waals surface area contributed by atoms with Crippen LogP contribution in [0, 0.1) is 33.3 Å². The highest BCUT2D eigenvalue weighted by Crippen LogP contribution is 2.67. The van der Waals surface area contributed by atoms with Crippen molar-refractivity contribution in [3.8, 4) is 0 Å². The molecule has 3 heteroatoms. The van der Waals surface area contributed by atoms with Crippen molar-refractivity contribution < 1.29 is 9.52 Å². The van der Waals surface area contributed by atoms with Crippen LogP contribution < -0.4 is 0 Å². The van der Waals surface area contributed by atoms with Crippen molar-refractivity contribution in [1.82, 2.24) is 0 Å². The van der Waals surface area contributed by atoms with Gasteiger partial charge in [0.2, 0.25) is 0 Å². The van der Waals surface area contributed by atoms with Crippen LogP contribution >= 0.6 is 12.2 Å². The summed E-state index contributed by atoms with van der Waals surface area (Å²) < 4.78 is 6.14. The van der Waals surface area contributed by atoms with Gasteiger partial charge < -0.3 is 9.52 Å². The molecule has 0 saturated heterocycles. The van der Waals surface area contributed by atoms with Gasteiger partial charge in [0, 0.05) is 0 Å². The van der Waals surface area contributed by atoms with Gasteiger partial charge in [0.15, 0.2) is 4.71 Å². The molecule has 1 N–H and O–H groups in total. The number of hydrogen-bond donors (Lipinski definition) is 1. The monoisotopic (exact) mass is 384 g/mol. The second kappa shape index (κ2) is 6.29. The molecular weight excluding hydrogens is 352 g/mol. The van der Waals surface area contributed by atoms with E-state index in [0.29, 0.717) is 16.0 Å². The molecule has 3 saturated carbocycles. The van der Waals surface area contributed by atoms with E-state index in [2.05, 4.69) is 26.0 Å². The van der Waals surface area contributed by atoms with Gasteiger partial charge in [0.1, 0.15) is 0 Å². The van der Waals surface area contributed by atoms with Crippen LogP contribution in [0.2, 0.25) is 0 Å². The average molecular weight is 385 g/mol. The van der Waals surface area contributed by atoms with E-state index in [9.17, 15) is 5.11 Å². The van der Waals surface area contributed by atoms with Crippen molar-refractivity contribution in [2.24, 2.45) is 28.6 Å². The smallest absolute Gasteiger partial charge is 0.189 e. The Hall–Kier alpha value is -0.930. The maximum atomic E-state index is 10.2. The Balaban J connectivity index is 1.45.